The van der Waals surface area contributed by atoms with Crippen LogP contribution in [-0.4, -0.2) is 41.2 Å². The molecular weight excluding hydrogens is 362 g/mol. The number of nitrogens with zero attached hydrogens (tertiary/aromatic N) is 4. The van der Waals surface area contributed by atoms with Gasteiger partial charge in [-0.15, -0.1) is 5.10 Å². The second-order valence-electron chi connectivity index (χ2n) is 4.97. The minimum absolute atomic E-state index is 0.135. The number of hydrogen-bond donors (Lipinski definition) is 1. The van der Waals surface area contributed by atoms with E-state index in [-0.39, 0.29) is 36.5 Å². The molecule has 1 fully saturated rings. The maximum Gasteiger partial charge on any atom is 0.252 e. The van der Waals surface area contributed by atoms with Crippen molar-refractivity contribution in [2.24, 2.45) is 11.1 Å². The van der Waals surface area contributed by atoms with E-state index in [2.05, 4.69) is 26.0 Å². The van der Waals surface area contributed by atoms with Crippen molar-refractivity contribution >= 4 is 43.5 Å². The summed E-state index contributed by atoms with van der Waals surface area (Å²) in [6.07, 6.45) is 1.86. The van der Waals surface area contributed by atoms with Gasteiger partial charge in [0.25, 0.3) is 5.95 Å². The molecule has 1 atom stereocenters. The topological polar surface area (TPSA) is 111 Å². The van der Waals surface area contributed by atoms with E-state index in [1.165, 1.54) is 4.90 Å². The number of sulfonamides is 1. The van der Waals surface area contributed by atoms with E-state index < -0.39 is 10.0 Å². The fourth-order valence-corrected chi connectivity index (χ4v) is 3.58. The molecule has 1 unspecified atom stereocenters. The number of primary sulfonamides is 1. The van der Waals surface area contributed by atoms with Crippen LogP contribution in [0.25, 0.3) is 5.65 Å². The van der Waals surface area contributed by atoms with E-state index in [4.69, 9.17) is 5.14 Å². The number of anilines is 1. The van der Waals surface area contributed by atoms with Crippen LogP contribution < -0.4 is 10.0 Å². The monoisotopic (exact) mass is 373 g/mol. The second-order valence-corrected chi connectivity index (χ2v) is 7.54. The molecule has 0 bridgehead atoms. The number of carbonyl (C=O) groups is 1. The molecule has 1 aliphatic rings. The summed E-state index contributed by atoms with van der Waals surface area (Å²) in [6.45, 7) is 0.257. The van der Waals surface area contributed by atoms with Crippen LogP contribution >= 0.6 is 15.9 Å². The first-order chi connectivity index (χ1) is 9.82. The number of carbonyl (C=O) groups excluding carboxylic acids is 1. The molecule has 2 N–H and O–H groups in total. The van der Waals surface area contributed by atoms with Crippen LogP contribution in [0.15, 0.2) is 22.8 Å². The Bertz CT molecular complexity index is 818. The summed E-state index contributed by atoms with van der Waals surface area (Å²) >= 11 is 3.33. The summed E-state index contributed by atoms with van der Waals surface area (Å²) < 4.78 is 24.6. The molecule has 0 saturated carbocycles. The highest BCUT2D eigenvalue weighted by molar-refractivity contribution is 9.10. The van der Waals surface area contributed by atoms with Gasteiger partial charge in [0.05, 0.1) is 5.75 Å². The van der Waals surface area contributed by atoms with Crippen molar-refractivity contribution in [3.8, 4) is 0 Å². The average molecular weight is 374 g/mol. The second kappa shape index (κ2) is 5.04. The van der Waals surface area contributed by atoms with Gasteiger partial charge in [-0.2, -0.15) is 4.98 Å². The van der Waals surface area contributed by atoms with Crippen LogP contribution in [0, 0.1) is 5.92 Å². The average Bonchev–Trinajstić information content (AvgIpc) is 2.89. The Morgan fingerprint density at radius 3 is 2.90 bits per heavy atom. The van der Waals surface area contributed by atoms with Gasteiger partial charge >= 0.3 is 0 Å². The molecule has 0 spiro atoms. The molecular formula is C11H12BrN5O3S. The lowest BCUT2D eigenvalue weighted by Crippen LogP contribution is -2.28. The largest absolute Gasteiger partial charge is 0.279 e. The summed E-state index contributed by atoms with van der Waals surface area (Å²) in [5.41, 5.74) is 0.607. The molecule has 8 nitrogen and oxygen atoms in total. The first-order valence-electron chi connectivity index (χ1n) is 6.14. The predicted molar refractivity (Wildman–Crippen MR) is 79.1 cm³/mol. The van der Waals surface area contributed by atoms with Crippen molar-refractivity contribution in [2.45, 2.75) is 6.42 Å². The van der Waals surface area contributed by atoms with Crippen LogP contribution in [0.4, 0.5) is 5.95 Å². The van der Waals surface area contributed by atoms with Gasteiger partial charge in [-0.05, 0) is 28.1 Å². The van der Waals surface area contributed by atoms with Gasteiger partial charge in [0.15, 0.2) is 5.65 Å². The van der Waals surface area contributed by atoms with Crippen molar-refractivity contribution in [1.82, 2.24) is 14.6 Å². The van der Waals surface area contributed by atoms with E-state index in [1.54, 1.807) is 16.8 Å². The molecule has 10 heteroatoms. The molecule has 1 amide bonds. The Morgan fingerprint density at radius 2 is 2.19 bits per heavy atom. The normalized spacial score (nSPS) is 19.6. The zero-order chi connectivity index (χ0) is 15.2. The smallest absolute Gasteiger partial charge is 0.252 e. The molecule has 0 aromatic carbocycles. The van der Waals surface area contributed by atoms with Gasteiger partial charge in [0.2, 0.25) is 15.9 Å². The zero-order valence-corrected chi connectivity index (χ0v) is 13.2. The maximum atomic E-state index is 12.0. The van der Waals surface area contributed by atoms with Crippen LogP contribution in [0.1, 0.15) is 6.42 Å². The molecule has 0 aliphatic carbocycles. The quantitative estimate of drug-likeness (QED) is 0.821. The maximum absolute atomic E-state index is 12.0. The summed E-state index contributed by atoms with van der Waals surface area (Å²) in [6, 6.07) is 3.59. The minimum atomic E-state index is -3.60. The zero-order valence-electron chi connectivity index (χ0n) is 10.8. The Balaban J connectivity index is 1.87. The van der Waals surface area contributed by atoms with E-state index in [0.29, 0.717) is 5.65 Å². The highest BCUT2D eigenvalue weighted by Gasteiger charge is 2.34. The standard InChI is InChI=1S/C11H12BrN5O3S/c12-8-1-2-9-14-11(15-17(9)5-8)16-4-7(3-10(16)18)6-21(13,19)20/h1-2,5,7H,3-4,6H2,(H2,13,19,20). The number of halogens is 1. The molecule has 21 heavy (non-hydrogen) atoms. The fraction of sp³-hybridized carbons (Fsp3) is 0.364. The number of nitrogens with two attached hydrogens (primary N) is 1. The number of rotatable bonds is 3. The van der Waals surface area contributed by atoms with E-state index in [9.17, 15) is 13.2 Å². The summed E-state index contributed by atoms with van der Waals surface area (Å²) in [4.78, 5) is 17.7. The van der Waals surface area contributed by atoms with Crippen LogP contribution in [0.3, 0.4) is 0 Å². The van der Waals surface area contributed by atoms with Gasteiger partial charge < -0.3 is 0 Å². The summed E-state index contributed by atoms with van der Waals surface area (Å²) in [5, 5.41) is 9.26. The Morgan fingerprint density at radius 1 is 1.43 bits per heavy atom. The third kappa shape index (κ3) is 3.06. The number of hydrogen-bond acceptors (Lipinski definition) is 5. The van der Waals surface area contributed by atoms with E-state index >= 15 is 0 Å². The van der Waals surface area contributed by atoms with Crippen LogP contribution in [-0.2, 0) is 14.8 Å². The van der Waals surface area contributed by atoms with Crippen molar-refractivity contribution in [2.75, 3.05) is 17.2 Å². The molecule has 3 heterocycles. The van der Waals surface area contributed by atoms with Gasteiger partial charge in [-0.1, -0.05) is 0 Å². The van der Waals surface area contributed by atoms with Crippen molar-refractivity contribution in [1.29, 1.82) is 0 Å². The van der Waals surface area contributed by atoms with Crippen molar-refractivity contribution < 1.29 is 13.2 Å². The molecule has 3 rings (SSSR count). The molecule has 2 aromatic rings. The summed E-state index contributed by atoms with van der Waals surface area (Å²) in [5.74, 6) is -0.465. The number of amides is 1. The lowest BCUT2D eigenvalue weighted by Gasteiger charge is -2.11. The third-order valence-corrected chi connectivity index (χ3v) is 4.60. The first-order valence-corrected chi connectivity index (χ1v) is 8.65. The lowest BCUT2D eigenvalue weighted by molar-refractivity contribution is -0.117. The SMILES string of the molecule is NS(=O)(=O)CC1CC(=O)N(c2nc3ccc(Br)cn3n2)C1. The number of fused-ring (bicyclic) bond motifs is 1. The van der Waals surface area contributed by atoms with Crippen LogP contribution in [0.5, 0.6) is 0 Å². The van der Waals surface area contributed by atoms with Crippen molar-refractivity contribution in [3.05, 3.63) is 22.8 Å². The number of aromatic nitrogens is 3. The Hall–Kier alpha value is -1.52. The highest BCUT2D eigenvalue weighted by atomic mass is 79.9. The Kier molecular flexibility index (Phi) is 3.46. The molecule has 0 radical (unpaired) electrons. The minimum Gasteiger partial charge on any atom is -0.279 e. The summed E-state index contributed by atoms with van der Waals surface area (Å²) in [7, 11) is -3.60. The highest BCUT2D eigenvalue weighted by Crippen LogP contribution is 2.24. The van der Waals surface area contributed by atoms with E-state index in [1.807, 2.05) is 6.07 Å². The van der Waals surface area contributed by atoms with Gasteiger partial charge in [0.1, 0.15) is 0 Å². The third-order valence-electron chi connectivity index (χ3n) is 3.20. The predicted octanol–water partition coefficient (Wildman–Crippen LogP) is 0.133. The fourth-order valence-electron chi connectivity index (χ4n) is 2.38. The van der Waals surface area contributed by atoms with Gasteiger partial charge in [0, 0.05) is 29.6 Å². The molecule has 1 saturated heterocycles. The molecule has 112 valence electrons. The number of pyridine rings is 1. The lowest BCUT2D eigenvalue weighted by atomic mass is 10.1. The van der Waals surface area contributed by atoms with Crippen molar-refractivity contribution in [3.63, 3.8) is 0 Å². The van der Waals surface area contributed by atoms with E-state index in [0.717, 1.165) is 4.47 Å². The van der Waals surface area contributed by atoms with Crippen LogP contribution in [0.2, 0.25) is 0 Å². The van der Waals surface area contributed by atoms with Gasteiger partial charge in [-0.3, -0.25) is 9.69 Å². The van der Waals surface area contributed by atoms with Gasteiger partial charge in [-0.25, -0.2) is 18.1 Å². The molecule has 1 aliphatic heterocycles. The molecule has 2 aromatic heterocycles. The first kappa shape index (κ1) is 14.4. The Labute approximate surface area is 129 Å².